The summed E-state index contributed by atoms with van der Waals surface area (Å²) in [5.41, 5.74) is -1.45. The van der Waals surface area contributed by atoms with Gasteiger partial charge in [0.1, 0.15) is 5.75 Å². The Hall–Kier alpha value is -3.41. The van der Waals surface area contributed by atoms with Crippen LogP contribution in [0.3, 0.4) is 0 Å². The maximum absolute atomic E-state index is 12.6. The van der Waals surface area contributed by atoms with Crippen molar-refractivity contribution in [1.29, 1.82) is 0 Å². The molecule has 0 aromatic heterocycles. The van der Waals surface area contributed by atoms with E-state index in [-0.39, 0.29) is 19.6 Å². The molecule has 1 saturated heterocycles. The molecule has 190 valence electrons. The molecule has 1 spiro atoms. The van der Waals surface area contributed by atoms with Gasteiger partial charge in [0.25, 0.3) is 5.72 Å². The quantitative estimate of drug-likeness (QED) is 0.531. The number of fused-ring (bicyclic) bond motifs is 2. The molecule has 1 saturated carbocycles. The number of hydrogen-bond donors (Lipinski definition) is 0. The van der Waals surface area contributed by atoms with Crippen LogP contribution in [0.1, 0.15) is 25.3 Å². The summed E-state index contributed by atoms with van der Waals surface area (Å²) in [5, 5.41) is 1.47. The second kappa shape index (κ2) is 9.23. The minimum Gasteiger partial charge on any atom is -0.493 e. The van der Waals surface area contributed by atoms with E-state index in [4.69, 9.17) is 35.4 Å². The van der Waals surface area contributed by atoms with Crippen molar-refractivity contribution in [3.05, 3.63) is 53.1 Å². The third kappa shape index (κ3) is 4.57. The first-order valence-corrected chi connectivity index (χ1v) is 11.8. The molecule has 1 atom stereocenters. The SMILES string of the molecule is C[C@@]12OC(=O)/C=C/C(=O)ON1CCN(Cc1cc(Cl)ccc1OCC1CC1)C21OC(=O)C=CC(=O)O1. The lowest BCUT2D eigenvalue weighted by Crippen LogP contribution is -2.78. The molecule has 1 aromatic rings. The van der Waals surface area contributed by atoms with Crippen molar-refractivity contribution in [2.75, 3.05) is 19.7 Å². The van der Waals surface area contributed by atoms with E-state index in [1.165, 1.54) is 11.8 Å². The van der Waals surface area contributed by atoms with Crippen molar-refractivity contribution in [1.82, 2.24) is 9.96 Å². The number of carbonyl (C=O) groups is 4. The number of piperazine rings is 1. The van der Waals surface area contributed by atoms with E-state index >= 15 is 0 Å². The minimum absolute atomic E-state index is 0.0197. The number of rotatable bonds is 5. The highest BCUT2D eigenvalue weighted by Crippen LogP contribution is 2.44. The molecule has 0 unspecified atom stereocenters. The van der Waals surface area contributed by atoms with Gasteiger partial charge in [0.2, 0.25) is 0 Å². The first kappa shape index (κ1) is 24.3. The van der Waals surface area contributed by atoms with Crippen molar-refractivity contribution < 1.29 is 43.0 Å². The summed E-state index contributed by atoms with van der Waals surface area (Å²) in [6, 6.07) is 5.12. The van der Waals surface area contributed by atoms with Gasteiger partial charge in [-0.15, -0.1) is 0 Å². The van der Waals surface area contributed by atoms with E-state index in [1.807, 2.05) is 0 Å². The average molecular weight is 519 g/mol. The fraction of sp³-hybridized carbons (Fsp3) is 0.417. The molecule has 1 aromatic carbocycles. The van der Waals surface area contributed by atoms with Gasteiger partial charge in [-0.25, -0.2) is 24.1 Å². The number of nitrogens with zero attached hydrogens (tertiary/aromatic N) is 2. The molecule has 3 aliphatic heterocycles. The number of hydroxylamine groups is 2. The Labute approximate surface area is 211 Å². The highest BCUT2D eigenvalue weighted by atomic mass is 35.5. The van der Waals surface area contributed by atoms with E-state index in [1.54, 1.807) is 18.2 Å². The fourth-order valence-electron chi connectivity index (χ4n) is 4.29. The van der Waals surface area contributed by atoms with Gasteiger partial charge >= 0.3 is 29.8 Å². The smallest absolute Gasteiger partial charge is 0.380 e. The number of halogens is 1. The van der Waals surface area contributed by atoms with Crippen LogP contribution in [-0.2, 0) is 44.8 Å². The molecule has 1 aliphatic carbocycles. The Morgan fingerprint density at radius 1 is 0.944 bits per heavy atom. The molecule has 36 heavy (non-hydrogen) atoms. The largest absolute Gasteiger partial charge is 0.493 e. The van der Waals surface area contributed by atoms with E-state index in [0.29, 0.717) is 28.9 Å². The van der Waals surface area contributed by atoms with Gasteiger partial charge in [-0.05, 0) is 37.0 Å². The summed E-state index contributed by atoms with van der Waals surface area (Å²) in [7, 11) is 0. The Kier molecular flexibility index (Phi) is 6.23. The first-order chi connectivity index (χ1) is 17.2. The van der Waals surface area contributed by atoms with Gasteiger partial charge < -0.3 is 23.8 Å². The third-order valence-electron chi connectivity index (χ3n) is 6.29. The number of benzene rings is 1. The predicted molar refractivity (Wildman–Crippen MR) is 121 cm³/mol. The van der Waals surface area contributed by atoms with Gasteiger partial charge in [-0.1, -0.05) is 16.7 Å². The van der Waals surface area contributed by atoms with E-state index < -0.39 is 35.5 Å². The van der Waals surface area contributed by atoms with Crippen LogP contribution in [0.2, 0.25) is 5.02 Å². The fourth-order valence-corrected chi connectivity index (χ4v) is 4.48. The van der Waals surface area contributed by atoms with Gasteiger partial charge in [0, 0.05) is 54.9 Å². The normalized spacial score (nSPS) is 27.1. The molecule has 0 amide bonds. The highest BCUT2D eigenvalue weighted by Gasteiger charge is 2.69. The van der Waals surface area contributed by atoms with Crippen molar-refractivity contribution in [2.45, 2.75) is 37.9 Å². The Morgan fingerprint density at radius 2 is 1.58 bits per heavy atom. The molecule has 0 N–H and O–H groups in total. The Morgan fingerprint density at radius 3 is 2.25 bits per heavy atom. The van der Waals surface area contributed by atoms with E-state index in [2.05, 4.69) is 0 Å². The summed E-state index contributed by atoms with van der Waals surface area (Å²) in [5.74, 6) is -4.91. The number of carbonyl (C=O) groups excluding carboxylic acids is 4. The zero-order valence-corrected chi connectivity index (χ0v) is 20.1. The molecule has 0 radical (unpaired) electrons. The maximum Gasteiger partial charge on any atom is 0.380 e. The highest BCUT2D eigenvalue weighted by molar-refractivity contribution is 6.30. The molecule has 0 bridgehead atoms. The maximum atomic E-state index is 12.6. The van der Waals surface area contributed by atoms with Gasteiger partial charge in [-0.2, -0.15) is 0 Å². The third-order valence-corrected chi connectivity index (χ3v) is 6.53. The second-order valence-electron chi connectivity index (χ2n) is 8.94. The lowest BCUT2D eigenvalue weighted by Gasteiger charge is -2.55. The lowest BCUT2D eigenvalue weighted by atomic mass is 10.0. The van der Waals surface area contributed by atoms with Crippen LogP contribution in [-0.4, -0.2) is 65.2 Å². The summed E-state index contributed by atoms with van der Waals surface area (Å²) >= 11 is 6.27. The predicted octanol–water partition coefficient (Wildman–Crippen LogP) is 1.84. The molecule has 11 nitrogen and oxygen atoms in total. The van der Waals surface area contributed by atoms with E-state index in [9.17, 15) is 19.2 Å². The molecule has 2 fully saturated rings. The van der Waals surface area contributed by atoms with Crippen LogP contribution in [0.4, 0.5) is 0 Å². The number of hydrogen-bond acceptors (Lipinski definition) is 11. The van der Waals surface area contributed by atoms with Crippen LogP contribution in [0.15, 0.2) is 42.5 Å². The van der Waals surface area contributed by atoms with Crippen molar-refractivity contribution in [3.63, 3.8) is 0 Å². The minimum atomic E-state index is -2.33. The summed E-state index contributed by atoms with van der Waals surface area (Å²) < 4.78 is 23.0. The topological polar surface area (TPSA) is 121 Å². The number of ether oxygens (including phenoxy) is 4. The molecule has 3 heterocycles. The summed E-state index contributed by atoms with van der Waals surface area (Å²) in [6.07, 6.45) is 5.78. The van der Waals surface area contributed by atoms with Gasteiger partial charge in [0.05, 0.1) is 13.2 Å². The Balaban J connectivity index is 1.57. The average Bonchev–Trinajstić information content (AvgIpc) is 3.66. The van der Waals surface area contributed by atoms with Crippen LogP contribution in [0, 0.1) is 5.92 Å². The molecule has 5 rings (SSSR count). The van der Waals surface area contributed by atoms with Gasteiger partial charge in [-0.3, -0.25) is 0 Å². The second-order valence-corrected chi connectivity index (χ2v) is 9.37. The van der Waals surface area contributed by atoms with Crippen LogP contribution in [0.25, 0.3) is 0 Å². The van der Waals surface area contributed by atoms with Gasteiger partial charge in [0.15, 0.2) is 0 Å². The molecule has 4 aliphatic rings. The zero-order chi connectivity index (χ0) is 25.5. The van der Waals surface area contributed by atoms with E-state index in [0.717, 1.165) is 42.2 Å². The standard InChI is InChI=1S/C24H23ClN2O9/c1-23-24(34-20(29)6-7-21(30)35-24)26(10-11-27(23)36-22(31)9-8-19(28)33-23)13-16-12-17(25)4-5-18(16)32-14-15-2-3-15/h4-9,12,15H,2-3,10-11,13-14H2,1H3/b9-8+/t23-/m0/s1. The first-order valence-electron chi connectivity index (χ1n) is 11.4. The molecular formula is C24H23ClN2O9. The Bertz CT molecular complexity index is 1160. The van der Waals surface area contributed by atoms with Crippen LogP contribution < -0.4 is 4.74 Å². The zero-order valence-electron chi connectivity index (χ0n) is 19.3. The van der Waals surface area contributed by atoms with Crippen molar-refractivity contribution >= 4 is 35.5 Å². The lowest BCUT2D eigenvalue weighted by molar-refractivity contribution is -0.439. The molecular weight excluding hydrogens is 496 g/mol. The summed E-state index contributed by atoms with van der Waals surface area (Å²) in [4.78, 5) is 56.9. The van der Waals surface area contributed by atoms with Crippen LogP contribution >= 0.6 is 11.6 Å². The summed E-state index contributed by atoms with van der Waals surface area (Å²) in [6.45, 7) is 1.98. The monoisotopic (exact) mass is 518 g/mol. The number of esters is 3. The van der Waals surface area contributed by atoms with Crippen molar-refractivity contribution in [3.8, 4) is 5.75 Å². The van der Waals surface area contributed by atoms with Crippen LogP contribution in [0.5, 0.6) is 5.75 Å². The molecule has 12 heteroatoms. The van der Waals surface area contributed by atoms with Crippen molar-refractivity contribution in [2.24, 2.45) is 5.92 Å².